The molecule has 1 amide bonds. The average Bonchev–Trinajstić information content (AvgIpc) is 3.50. The maximum absolute atomic E-state index is 13.7. The first-order valence-electron chi connectivity index (χ1n) is 10.5. The Balaban J connectivity index is 1.62. The van der Waals surface area contributed by atoms with E-state index >= 15 is 0 Å². The predicted molar refractivity (Wildman–Crippen MR) is 112 cm³/mol. The first-order valence-corrected chi connectivity index (χ1v) is 10.5. The summed E-state index contributed by atoms with van der Waals surface area (Å²) in [5, 5.41) is 12.6. The van der Waals surface area contributed by atoms with Crippen molar-refractivity contribution in [3.8, 4) is 11.5 Å². The number of aromatic nitrogens is 5. The van der Waals surface area contributed by atoms with Gasteiger partial charge in [0.1, 0.15) is 11.2 Å². The molecule has 31 heavy (non-hydrogen) atoms. The molecule has 0 aromatic carbocycles. The van der Waals surface area contributed by atoms with Crippen molar-refractivity contribution in [1.29, 1.82) is 0 Å². The summed E-state index contributed by atoms with van der Waals surface area (Å²) < 4.78 is 12.5. The zero-order chi connectivity index (χ0) is 21.6. The van der Waals surface area contributed by atoms with E-state index in [2.05, 4.69) is 20.6 Å². The first kappa shape index (κ1) is 19.5. The smallest absolute Gasteiger partial charge is 0.252 e. The van der Waals surface area contributed by atoms with Crippen molar-refractivity contribution in [3.05, 3.63) is 47.4 Å². The molecule has 1 aliphatic rings. The third-order valence-corrected chi connectivity index (χ3v) is 6.00. The van der Waals surface area contributed by atoms with E-state index in [1.807, 2.05) is 20.0 Å². The number of rotatable bonds is 4. The highest BCUT2D eigenvalue weighted by molar-refractivity contribution is 6.07. The number of furan rings is 1. The number of aryl methyl sites for hydroxylation is 3. The van der Waals surface area contributed by atoms with Crippen LogP contribution in [-0.4, -0.2) is 30.8 Å². The molecular weight excluding hydrogens is 396 g/mol. The standard InChI is InChI=1S/C22H24N6O3/c1-13-18-15(12-16(17-8-7-11-30-17)24-19(18)28(3)26-13)20(29)25-22(9-5-4-6-10-22)21-23-14(2)31-27-21/h7-8,11-12H,4-6,9-10H2,1-3H3,(H,25,29). The molecule has 160 valence electrons. The number of hydrogen-bond acceptors (Lipinski definition) is 7. The second kappa shape index (κ2) is 7.33. The Hall–Kier alpha value is -3.49. The van der Waals surface area contributed by atoms with Crippen LogP contribution in [-0.2, 0) is 12.6 Å². The molecule has 0 unspecified atom stereocenters. The lowest BCUT2D eigenvalue weighted by molar-refractivity contribution is 0.0857. The lowest BCUT2D eigenvalue weighted by Gasteiger charge is -2.35. The molecule has 4 aromatic heterocycles. The minimum absolute atomic E-state index is 0.208. The van der Waals surface area contributed by atoms with Gasteiger partial charge in [0, 0.05) is 14.0 Å². The number of pyridine rings is 1. The molecule has 0 atom stereocenters. The summed E-state index contributed by atoms with van der Waals surface area (Å²) in [6.45, 7) is 3.64. The summed E-state index contributed by atoms with van der Waals surface area (Å²) in [5.41, 5.74) is 1.81. The Morgan fingerprint density at radius 2 is 2.00 bits per heavy atom. The predicted octanol–water partition coefficient (Wildman–Crippen LogP) is 3.82. The number of carbonyl (C=O) groups is 1. The number of amides is 1. The van der Waals surface area contributed by atoms with Crippen molar-refractivity contribution in [3.63, 3.8) is 0 Å². The first-order chi connectivity index (χ1) is 15.0. The summed E-state index contributed by atoms with van der Waals surface area (Å²) >= 11 is 0. The maximum atomic E-state index is 13.7. The maximum Gasteiger partial charge on any atom is 0.252 e. The molecule has 4 heterocycles. The fourth-order valence-electron chi connectivity index (χ4n) is 4.51. The van der Waals surface area contributed by atoms with Crippen LogP contribution in [0.4, 0.5) is 0 Å². The van der Waals surface area contributed by atoms with E-state index in [9.17, 15) is 4.79 Å². The van der Waals surface area contributed by atoms with Crippen LogP contribution in [0.25, 0.3) is 22.5 Å². The van der Waals surface area contributed by atoms with Crippen LogP contribution in [0, 0.1) is 13.8 Å². The van der Waals surface area contributed by atoms with Crippen molar-refractivity contribution < 1.29 is 13.7 Å². The zero-order valence-corrected chi connectivity index (χ0v) is 17.8. The van der Waals surface area contributed by atoms with Crippen LogP contribution in [0.3, 0.4) is 0 Å². The van der Waals surface area contributed by atoms with E-state index in [1.54, 1.807) is 30.0 Å². The van der Waals surface area contributed by atoms with Gasteiger partial charge in [-0.05, 0) is 38.0 Å². The lowest BCUT2D eigenvalue weighted by atomic mass is 9.80. The van der Waals surface area contributed by atoms with Crippen LogP contribution >= 0.6 is 0 Å². The van der Waals surface area contributed by atoms with Crippen LogP contribution in [0.2, 0.25) is 0 Å². The van der Waals surface area contributed by atoms with Gasteiger partial charge in [0.2, 0.25) is 5.89 Å². The Bertz CT molecular complexity index is 1250. The molecule has 1 N–H and O–H groups in total. The molecule has 0 radical (unpaired) electrons. The van der Waals surface area contributed by atoms with Crippen molar-refractivity contribution in [2.75, 3.05) is 0 Å². The summed E-state index contributed by atoms with van der Waals surface area (Å²) in [4.78, 5) is 22.9. The van der Waals surface area contributed by atoms with E-state index in [0.717, 1.165) is 43.2 Å². The van der Waals surface area contributed by atoms with Gasteiger partial charge in [-0.2, -0.15) is 10.1 Å². The molecule has 5 rings (SSSR count). The second-order valence-electron chi connectivity index (χ2n) is 8.17. The van der Waals surface area contributed by atoms with E-state index in [0.29, 0.717) is 34.4 Å². The van der Waals surface area contributed by atoms with Crippen LogP contribution in [0.15, 0.2) is 33.4 Å². The molecule has 1 saturated carbocycles. The molecule has 9 heteroatoms. The second-order valence-corrected chi connectivity index (χ2v) is 8.17. The number of hydrogen-bond donors (Lipinski definition) is 1. The lowest BCUT2D eigenvalue weighted by Crippen LogP contribution is -2.48. The van der Waals surface area contributed by atoms with Gasteiger partial charge in [-0.1, -0.05) is 24.4 Å². The molecule has 0 bridgehead atoms. The van der Waals surface area contributed by atoms with Crippen molar-refractivity contribution in [2.24, 2.45) is 7.05 Å². The summed E-state index contributed by atoms with van der Waals surface area (Å²) in [6, 6.07) is 5.39. The topological polar surface area (TPSA) is 112 Å². The summed E-state index contributed by atoms with van der Waals surface area (Å²) in [6.07, 6.45) is 6.22. The molecule has 0 saturated heterocycles. The Kier molecular flexibility index (Phi) is 4.60. The average molecular weight is 420 g/mol. The highest BCUT2D eigenvalue weighted by Gasteiger charge is 2.40. The quantitative estimate of drug-likeness (QED) is 0.534. The Morgan fingerprint density at radius 3 is 2.68 bits per heavy atom. The third-order valence-electron chi connectivity index (χ3n) is 6.00. The van der Waals surface area contributed by atoms with E-state index in [-0.39, 0.29) is 5.91 Å². The SMILES string of the molecule is Cc1nc(C2(NC(=O)c3cc(-c4ccco4)nc4c3c(C)nn4C)CCCCC2)no1. The normalized spacial score (nSPS) is 16.0. The molecule has 0 aliphatic heterocycles. The molecule has 1 aliphatic carbocycles. The molecule has 1 fully saturated rings. The molecule has 0 spiro atoms. The van der Waals surface area contributed by atoms with Crippen LogP contribution in [0.5, 0.6) is 0 Å². The van der Waals surface area contributed by atoms with E-state index in [4.69, 9.17) is 13.9 Å². The third kappa shape index (κ3) is 3.30. The van der Waals surface area contributed by atoms with Crippen LogP contribution < -0.4 is 5.32 Å². The van der Waals surface area contributed by atoms with Crippen molar-refractivity contribution >= 4 is 16.9 Å². The number of nitrogens with zero attached hydrogens (tertiary/aromatic N) is 5. The van der Waals surface area contributed by atoms with Gasteiger partial charge in [0.15, 0.2) is 17.2 Å². The van der Waals surface area contributed by atoms with Gasteiger partial charge in [0.05, 0.1) is 22.9 Å². The zero-order valence-electron chi connectivity index (χ0n) is 17.8. The monoisotopic (exact) mass is 420 g/mol. The van der Waals surface area contributed by atoms with Gasteiger partial charge >= 0.3 is 0 Å². The highest BCUT2D eigenvalue weighted by atomic mass is 16.5. The van der Waals surface area contributed by atoms with Gasteiger partial charge in [-0.15, -0.1) is 0 Å². The minimum atomic E-state index is -0.649. The van der Waals surface area contributed by atoms with Crippen molar-refractivity contribution in [1.82, 2.24) is 30.2 Å². The van der Waals surface area contributed by atoms with E-state index < -0.39 is 5.54 Å². The fraction of sp³-hybridized carbons (Fsp3) is 0.409. The number of carbonyl (C=O) groups excluding carboxylic acids is 1. The Labute approximate surface area is 178 Å². The van der Waals surface area contributed by atoms with E-state index in [1.165, 1.54) is 0 Å². The molecular formula is C22H24N6O3. The van der Waals surface area contributed by atoms with Crippen LogP contribution in [0.1, 0.15) is 59.9 Å². The van der Waals surface area contributed by atoms with Gasteiger partial charge in [-0.3, -0.25) is 9.48 Å². The van der Waals surface area contributed by atoms with Gasteiger partial charge < -0.3 is 14.3 Å². The fourth-order valence-corrected chi connectivity index (χ4v) is 4.51. The molecule has 9 nitrogen and oxygen atoms in total. The Morgan fingerprint density at radius 1 is 1.19 bits per heavy atom. The van der Waals surface area contributed by atoms with Crippen molar-refractivity contribution in [2.45, 2.75) is 51.5 Å². The summed E-state index contributed by atoms with van der Waals surface area (Å²) in [7, 11) is 1.82. The number of fused-ring (bicyclic) bond motifs is 1. The summed E-state index contributed by atoms with van der Waals surface area (Å²) in [5.74, 6) is 1.41. The minimum Gasteiger partial charge on any atom is -0.463 e. The number of nitrogens with one attached hydrogen (secondary N) is 1. The largest absolute Gasteiger partial charge is 0.463 e. The molecule has 4 aromatic rings. The highest BCUT2D eigenvalue weighted by Crippen LogP contribution is 2.36. The van der Waals surface area contributed by atoms with Gasteiger partial charge in [-0.25, -0.2) is 4.98 Å². The van der Waals surface area contributed by atoms with Gasteiger partial charge in [0.25, 0.3) is 5.91 Å².